The second kappa shape index (κ2) is 6.20. The lowest BCUT2D eigenvalue weighted by molar-refractivity contribution is -0.0883. The van der Waals surface area contributed by atoms with Gasteiger partial charge in [-0.1, -0.05) is 22.5 Å². The number of hydrogen-bond acceptors (Lipinski definition) is 8. The summed E-state index contributed by atoms with van der Waals surface area (Å²) < 4.78 is 30.3. The zero-order valence-electron chi connectivity index (χ0n) is 12.3. The van der Waals surface area contributed by atoms with Gasteiger partial charge in [0.2, 0.25) is 0 Å². The Balaban J connectivity index is 2.87. The largest absolute Gasteiger partial charge is 0.394 e. The Bertz CT molecular complexity index is 891. The zero-order chi connectivity index (χ0) is 18.4. The molecule has 0 aliphatic carbocycles. The molecule has 0 bridgehead atoms. The van der Waals surface area contributed by atoms with Gasteiger partial charge in [-0.25, -0.2) is 13.2 Å². The van der Waals surface area contributed by atoms with Crippen LogP contribution in [0.3, 0.4) is 0 Å². The zero-order valence-corrected chi connectivity index (χ0v) is 14.7. The first-order valence-corrected chi connectivity index (χ1v) is 9.21. The average molecular weight is 427 g/mol. The van der Waals surface area contributed by atoms with E-state index in [9.17, 15) is 33.3 Å². The number of aliphatic hydroxyl groups is 3. The molecule has 0 radical (unpaired) electrons. The average Bonchev–Trinajstić information content (AvgIpc) is 2.72. The molecular formula is C12H15BrN2O8S. The molecule has 4 N–H and O–H groups in total. The second-order valence-electron chi connectivity index (χ2n) is 5.25. The number of hydrogen-bond donors (Lipinski definition) is 4. The molecule has 1 aliphatic heterocycles. The van der Waals surface area contributed by atoms with E-state index in [-0.39, 0.29) is 10.0 Å². The van der Waals surface area contributed by atoms with Crippen molar-refractivity contribution in [3.8, 4) is 0 Å². The highest BCUT2D eigenvalue weighted by molar-refractivity contribution is 9.15. The van der Waals surface area contributed by atoms with Crippen LogP contribution in [0.2, 0.25) is 0 Å². The number of halogens is 1. The maximum absolute atomic E-state index is 12.3. The van der Waals surface area contributed by atoms with Crippen LogP contribution >= 0.6 is 15.9 Å². The first-order valence-electron chi connectivity index (χ1n) is 6.53. The summed E-state index contributed by atoms with van der Waals surface area (Å²) in [6.07, 6.45) is -3.80. The first-order chi connectivity index (χ1) is 11.0. The maximum atomic E-state index is 12.3. The molecule has 2 rings (SSSR count). The van der Waals surface area contributed by atoms with Crippen molar-refractivity contribution in [2.45, 2.75) is 23.4 Å². The molecular weight excluding hydrogens is 412 g/mol. The summed E-state index contributed by atoms with van der Waals surface area (Å²) in [6.45, 7) is 2.67. The van der Waals surface area contributed by atoms with E-state index in [2.05, 4.69) is 22.5 Å². The number of nitrogens with one attached hydrogen (secondary N) is 1. The molecule has 0 aromatic carbocycles. The summed E-state index contributed by atoms with van der Waals surface area (Å²) in [5.74, 6) is 0. The molecule has 0 spiro atoms. The van der Waals surface area contributed by atoms with E-state index in [1.807, 2.05) is 4.98 Å². The molecule has 12 heteroatoms. The number of nitrogens with zero attached hydrogens (tertiary/aromatic N) is 1. The number of aromatic amines is 1. The van der Waals surface area contributed by atoms with E-state index >= 15 is 0 Å². The molecule has 0 unspecified atom stereocenters. The van der Waals surface area contributed by atoms with Crippen LogP contribution < -0.4 is 11.2 Å². The summed E-state index contributed by atoms with van der Waals surface area (Å²) >= 11 is 2.95. The fourth-order valence-corrected chi connectivity index (χ4v) is 4.15. The summed E-state index contributed by atoms with van der Waals surface area (Å²) in [4.78, 5) is 25.8. The predicted molar refractivity (Wildman–Crippen MR) is 86.1 cm³/mol. The van der Waals surface area contributed by atoms with E-state index in [0.717, 1.165) is 6.20 Å². The summed E-state index contributed by atoms with van der Waals surface area (Å²) in [5.41, 5.74) is -2.21. The van der Waals surface area contributed by atoms with Crippen molar-refractivity contribution in [2.24, 2.45) is 0 Å². The highest BCUT2D eigenvalue weighted by Gasteiger charge is 2.62. The number of ether oxygens (including phenoxy) is 1. The van der Waals surface area contributed by atoms with Crippen LogP contribution in [0.1, 0.15) is 5.56 Å². The molecule has 0 amide bonds. The van der Waals surface area contributed by atoms with Crippen molar-refractivity contribution in [3.63, 3.8) is 0 Å². The first kappa shape index (κ1) is 19.0. The van der Waals surface area contributed by atoms with Gasteiger partial charge in [-0.2, -0.15) is 0 Å². The molecule has 1 saturated heterocycles. The Morgan fingerprint density at radius 3 is 2.50 bits per heavy atom. The molecule has 4 atom stereocenters. The summed E-state index contributed by atoms with van der Waals surface area (Å²) in [6, 6.07) is 0. The number of H-pyrrole nitrogens is 1. The molecule has 10 nitrogen and oxygen atoms in total. The van der Waals surface area contributed by atoms with Crippen LogP contribution in [0.15, 0.2) is 22.4 Å². The highest BCUT2D eigenvalue weighted by atomic mass is 79.9. The van der Waals surface area contributed by atoms with Crippen LogP contribution in [0.4, 0.5) is 0 Å². The topological polar surface area (TPSA) is 159 Å². The molecule has 0 saturated carbocycles. The van der Waals surface area contributed by atoms with E-state index in [0.29, 0.717) is 10.8 Å². The molecule has 1 aromatic heterocycles. The van der Waals surface area contributed by atoms with Crippen molar-refractivity contribution in [1.29, 1.82) is 0 Å². The molecule has 1 aromatic rings. The Hall–Kier alpha value is -1.31. The minimum atomic E-state index is -4.37. The third-order valence-electron chi connectivity index (χ3n) is 3.68. The SMILES string of the molecule is C=C(Br)c1cn([C@]2(S(C)(=O)=O)O[C@H](CO)[C@@H](O)[C@H]2O)c(=O)[nH]c1=O. The van der Waals surface area contributed by atoms with Gasteiger partial charge in [0.15, 0.2) is 9.84 Å². The van der Waals surface area contributed by atoms with Crippen LogP contribution in [-0.2, 0) is 19.6 Å². The van der Waals surface area contributed by atoms with Gasteiger partial charge in [-0.15, -0.1) is 0 Å². The summed E-state index contributed by atoms with van der Waals surface area (Å²) in [7, 11) is -4.37. The Morgan fingerprint density at radius 1 is 1.50 bits per heavy atom. The van der Waals surface area contributed by atoms with Gasteiger partial charge in [0.25, 0.3) is 10.6 Å². The minimum absolute atomic E-state index is 0.0490. The van der Waals surface area contributed by atoms with Crippen LogP contribution in [-0.4, -0.2) is 64.5 Å². The third-order valence-corrected chi connectivity index (χ3v) is 5.70. The van der Waals surface area contributed by atoms with E-state index in [1.54, 1.807) is 0 Å². The standard InChI is InChI=1S/C12H15BrN2O8S/c1-5(13)6-3-15(11(20)14-10(6)19)12(24(2,21)22)9(18)8(17)7(4-16)23-12/h3,7-9,16-18H,1,4H2,2H3,(H,14,19,20)/t7-,8-,9-,12+/m1/s1. The molecule has 134 valence electrons. The van der Waals surface area contributed by atoms with Crippen LogP contribution in [0.5, 0.6) is 0 Å². The van der Waals surface area contributed by atoms with Gasteiger partial charge in [0.1, 0.15) is 18.3 Å². The molecule has 24 heavy (non-hydrogen) atoms. The molecule has 1 aliphatic rings. The Kier molecular flexibility index (Phi) is 4.92. The minimum Gasteiger partial charge on any atom is -0.394 e. The summed E-state index contributed by atoms with van der Waals surface area (Å²) in [5, 5.41) is 26.7. The van der Waals surface area contributed by atoms with E-state index in [1.165, 1.54) is 0 Å². The predicted octanol–water partition coefficient (Wildman–Crippen LogP) is -2.33. The lowest BCUT2D eigenvalue weighted by atomic mass is 10.1. The third kappa shape index (κ3) is 2.68. The van der Waals surface area contributed by atoms with Crippen molar-refractivity contribution in [2.75, 3.05) is 12.9 Å². The van der Waals surface area contributed by atoms with Crippen molar-refractivity contribution < 1.29 is 28.5 Å². The number of aromatic nitrogens is 2. The van der Waals surface area contributed by atoms with Gasteiger partial charge in [0.05, 0.1) is 12.2 Å². The fraction of sp³-hybridized carbons (Fsp3) is 0.500. The Labute approximate surface area is 144 Å². The Morgan fingerprint density at radius 2 is 2.08 bits per heavy atom. The quantitative estimate of drug-likeness (QED) is 0.417. The van der Waals surface area contributed by atoms with Gasteiger partial charge < -0.3 is 20.1 Å². The lowest BCUT2D eigenvalue weighted by Gasteiger charge is -2.31. The van der Waals surface area contributed by atoms with Crippen molar-refractivity contribution >= 4 is 30.2 Å². The van der Waals surface area contributed by atoms with E-state index in [4.69, 9.17) is 4.74 Å². The smallest absolute Gasteiger partial charge is 0.331 e. The van der Waals surface area contributed by atoms with Gasteiger partial charge in [0, 0.05) is 16.9 Å². The number of rotatable bonds is 4. The maximum Gasteiger partial charge on any atom is 0.331 e. The number of aliphatic hydroxyl groups excluding tert-OH is 3. The highest BCUT2D eigenvalue weighted by Crippen LogP contribution is 2.39. The van der Waals surface area contributed by atoms with E-state index < -0.39 is 51.1 Å². The lowest BCUT2D eigenvalue weighted by Crippen LogP contribution is -2.56. The normalized spacial score (nSPS) is 30.5. The molecule has 2 heterocycles. The van der Waals surface area contributed by atoms with Crippen molar-refractivity contribution in [1.82, 2.24) is 9.55 Å². The van der Waals surface area contributed by atoms with Gasteiger partial charge in [-0.05, 0) is 0 Å². The molecule has 1 fully saturated rings. The van der Waals surface area contributed by atoms with Gasteiger partial charge in [-0.3, -0.25) is 14.3 Å². The second-order valence-corrected chi connectivity index (χ2v) is 8.34. The number of sulfone groups is 1. The van der Waals surface area contributed by atoms with Crippen molar-refractivity contribution in [3.05, 3.63) is 39.2 Å². The van der Waals surface area contributed by atoms with Crippen LogP contribution in [0, 0.1) is 0 Å². The van der Waals surface area contributed by atoms with Gasteiger partial charge >= 0.3 is 5.69 Å². The van der Waals surface area contributed by atoms with Crippen LogP contribution in [0.25, 0.3) is 4.48 Å². The fourth-order valence-electron chi connectivity index (χ4n) is 2.50. The monoisotopic (exact) mass is 426 g/mol.